The van der Waals surface area contributed by atoms with Gasteiger partial charge in [0, 0.05) is 12.8 Å². The molecule has 0 saturated carbocycles. The van der Waals surface area contributed by atoms with Gasteiger partial charge in [-0.15, -0.1) is 0 Å². The summed E-state index contributed by atoms with van der Waals surface area (Å²) in [4.78, 5) is 0. The summed E-state index contributed by atoms with van der Waals surface area (Å²) in [5.74, 6) is 0. The monoisotopic (exact) mass is 184 g/mol. The first-order chi connectivity index (χ1) is 5.27. The third-order valence-corrected chi connectivity index (χ3v) is 2.08. The van der Waals surface area contributed by atoms with E-state index in [1.807, 2.05) is 21.0 Å². The van der Waals surface area contributed by atoms with Gasteiger partial charge in [-0.2, -0.15) is 13.2 Å². The number of hydrogen-bond acceptors (Lipinski definition) is 0. The average molecular weight is 184 g/mol. The van der Waals surface area contributed by atoms with Crippen LogP contribution in [0, 0.1) is 0 Å². The van der Waals surface area contributed by atoms with Gasteiger partial charge in [-0.3, -0.25) is 0 Å². The van der Waals surface area contributed by atoms with Gasteiger partial charge in [0.25, 0.3) is 0 Å². The van der Waals surface area contributed by atoms with Crippen LogP contribution >= 0.6 is 0 Å². The molecular formula is C8H17F3N+. The molecule has 1 nitrogen and oxygen atoms in total. The topological polar surface area (TPSA) is 0 Å². The number of hydrogen-bond donors (Lipinski definition) is 0. The molecule has 0 amide bonds. The molecule has 0 aliphatic heterocycles. The molecule has 0 atom stereocenters. The van der Waals surface area contributed by atoms with E-state index < -0.39 is 12.6 Å². The summed E-state index contributed by atoms with van der Waals surface area (Å²) < 4.78 is 35.8. The summed E-state index contributed by atoms with van der Waals surface area (Å²) in [6, 6.07) is 0. The maximum absolute atomic E-state index is 11.7. The van der Waals surface area contributed by atoms with Crippen molar-refractivity contribution in [2.75, 3.05) is 27.2 Å². The smallest absolute Gasteiger partial charge is 0.329 e. The Labute approximate surface area is 71.8 Å². The molecule has 0 N–H and O–H groups in total. The largest absolute Gasteiger partial charge is 0.389 e. The van der Waals surface area contributed by atoms with Crippen molar-refractivity contribution in [1.29, 1.82) is 0 Å². The van der Waals surface area contributed by atoms with Crippen LogP contribution in [0.25, 0.3) is 0 Å². The Kier molecular flexibility index (Phi) is 4.03. The van der Waals surface area contributed by atoms with Crippen LogP contribution in [-0.2, 0) is 0 Å². The highest BCUT2D eigenvalue weighted by atomic mass is 19.4. The highest BCUT2D eigenvalue weighted by molar-refractivity contribution is 4.49. The van der Waals surface area contributed by atoms with E-state index >= 15 is 0 Å². The van der Waals surface area contributed by atoms with Crippen molar-refractivity contribution in [3.8, 4) is 0 Å². The average Bonchev–Trinajstić information content (AvgIpc) is 1.84. The summed E-state index contributed by atoms with van der Waals surface area (Å²) >= 11 is 0. The van der Waals surface area contributed by atoms with Crippen LogP contribution in [0.1, 0.15) is 19.8 Å². The predicted molar refractivity (Wildman–Crippen MR) is 42.8 cm³/mol. The molecule has 0 fully saturated rings. The first-order valence-corrected chi connectivity index (χ1v) is 4.15. The lowest BCUT2D eigenvalue weighted by atomic mass is 10.2. The number of rotatable bonds is 4. The Bertz CT molecular complexity index is 129. The third kappa shape index (κ3) is 6.46. The second-order valence-electron chi connectivity index (χ2n) is 3.69. The summed E-state index contributed by atoms with van der Waals surface area (Å²) in [6.07, 6.45) is -4.42. The maximum Gasteiger partial charge on any atom is 0.389 e. The molecule has 0 saturated heterocycles. The second kappa shape index (κ2) is 4.12. The van der Waals surface area contributed by atoms with Gasteiger partial charge < -0.3 is 4.48 Å². The quantitative estimate of drug-likeness (QED) is 0.589. The molecule has 0 aromatic heterocycles. The van der Waals surface area contributed by atoms with E-state index in [2.05, 4.69) is 0 Å². The number of nitrogens with zero attached hydrogens (tertiary/aromatic N) is 1. The zero-order valence-corrected chi connectivity index (χ0v) is 7.91. The van der Waals surface area contributed by atoms with E-state index in [1.54, 1.807) is 0 Å². The first kappa shape index (κ1) is 11.8. The van der Waals surface area contributed by atoms with E-state index in [1.165, 1.54) is 0 Å². The first-order valence-electron chi connectivity index (χ1n) is 4.15. The highest BCUT2D eigenvalue weighted by Crippen LogP contribution is 2.21. The molecular weight excluding hydrogens is 167 g/mol. The van der Waals surface area contributed by atoms with Gasteiger partial charge in [-0.1, -0.05) is 0 Å². The van der Waals surface area contributed by atoms with Crippen molar-refractivity contribution in [2.24, 2.45) is 0 Å². The SMILES string of the molecule is CC[N+](C)(C)CCCC(F)(F)F. The Morgan fingerprint density at radius 2 is 1.67 bits per heavy atom. The van der Waals surface area contributed by atoms with Crippen LogP contribution in [0.2, 0.25) is 0 Å². The molecule has 0 rings (SSSR count). The lowest BCUT2D eigenvalue weighted by molar-refractivity contribution is -0.888. The number of quaternary nitrogens is 1. The minimum atomic E-state index is -3.99. The van der Waals surface area contributed by atoms with E-state index in [9.17, 15) is 13.2 Å². The fourth-order valence-electron chi connectivity index (χ4n) is 0.866. The zero-order chi connectivity index (χ0) is 9.83. The Hall–Kier alpha value is -0.250. The van der Waals surface area contributed by atoms with Crippen molar-refractivity contribution in [3.05, 3.63) is 0 Å². The van der Waals surface area contributed by atoms with E-state index in [4.69, 9.17) is 0 Å². The lowest BCUT2D eigenvalue weighted by Crippen LogP contribution is -2.40. The molecule has 0 aliphatic carbocycles. The molecule has 0 bridgehead atoms. The van der Waals surface area contributed by atoms with E-state index in [0.29, 0.717) is 11.0 Å². The summed E-state index contributed by atoms with van der Waals surface area (Å²) in [6.45, 7) is 3.45. The van der Waals surface area contributed by atoms with Gasteiger partial charge in [0.05, 0.1) is 27.2 Å². The van der Waals surface area contributed by atoms with E-state index in [-0.39, 0.29) is 6.42 Å². The summed E-state index contributed by atoms with van der Waals surface area (Å²) in [7, 11) is 3.88. The van der Waals surface area contributed by atoms with E-state index in [0.717, 1.165) is 6.54 Å². The highest BCUT2D eigenvalue weighted by Gasteiger charge is 2.27. The molecule has 74 valence electrons. The molecule has 0 heterocycles. The predicted octanol–water partition coefficient (Wildman–Crippen LogP) is 2.43. The van der Waals surface area contributed by atoms with Crippen molar-refractivity contribution < 1.29 is 17.7 Å². The fourth-order valence-corrected chi connectivity index (χ4v) is 0.866. The van der Waals surface area contributed by atoms with Crippen LogP contribution in [0.4, 0.5) is 13.2 Å². The van der Waals surface area contributed by atoms with Gasteiger partial charge in [-0.05, 0) is 6.92 Å². The minimum Gasteiger partial charge on any atom is -0.329 e. The van der Waals surface area contributed by atoms with Crippen LogP contribution in [-0.4, -0.2) is 37.8 Å². The second-order valence-corrected chi connectivity index (χ2v) is 3.69. The zero-order valence-electron chi connectivity index (χ0n) is 7.91. The normalized spacial score (nSPS) is 13.5. The molecule has 0 aromatic rings. The molecule has 0 spiro atoms. The molecule has 0 radical (unpaired) electrons. The number of alkyl halides is 3. The van der Waals surface area contributed by atoms with Crippen LogP contribution in [0.15, 0.2) is 0 Å². The Morgan fingerprint density at radius 1 is 1.17 bits per heavy atom. The third-order valence-electron chi connectivity index (χ3n) is 2.08. The fraction of sp³-hybridized carbons (Fsp3) is 1.00. The molecule has 0 aromatic carbocycles. The van der Waals surface area contributed by atoms with Gasteiger partial charge in [0.15, 0.2) is 0 Å². The number of halogens is 3. The van der Waals surface area contributed by atoms with Crippen molar-refractivity contribution >= 4 is 0 Å². The summed E-state index contributed by atoms with van der Waals surface area (Å²) in [5.41, 5.74) is 0. The maximum atomic E-state index is 11.7. The van der Waals surface area contributed by atoms with Gasteiger partial charge in [0.1, 0.15) is 0 Å². The minimum absolute atomic E-state index is 0.227. The lowest BCUT2D eigenvalue weighted by Gasteiger charge is -2.28. The Balaban J connectivity index is 3.57. The van der Waals surface area contributed by atoms with Crippen molar-refractivity contribution in [3.63, 3.8) is 0 Å². The van der Waals surface area contributed by atoms with Gasteiger partial charge in [-0.25, -0.2) is 0 Å². The van der Waals surface area contributed by atoms with Gasteiger partial charge >= 0.3 is 6.18 Å². The Morgan fingerprint density at radius 3 is 2.00 bits per heavy atom. The summed E-state index contributed by atoms with van der Waals surface area (Å²) in [5, 5.41) is 0. The van der Waals surface area contributed by atoms with Crippen molar-refractivity contribution in [2.45, 2.75) is 25.9 Å². The van der Waals surface area contributed by atoms with Crippen molar-refractivity contribution in [1.82, 2.24) is 0 Å². The van der Waals surface area contributed by atoms with Crippen LogP contribution < -0.4 is 0 Å². The molecule has 0 unspecified atom stereocenters. The van der Waals surface area contributed by atoms with Crippen LogP contribution in [0.5, 0.6) is 0 Å². The molecule has 12 heavy (non-hydrogen) atoms. The van der Waals surface area contributed by atoms with Gasteiger partial charge in [0.2, 0.25) is 0 Å². The standard InChI is InChI=1S/C8H17F3N/c1-4-12(2,3)7-5-6-8(9,10)11/h4-7H2,1-3H3/q+1. The molecule has 4 heteroatoms. The molecule has 0 aliphatic rings. The van der Waals surface area contributed by atoms with Crippen LogP contribution in [0.3, 0.4) is 0 Å².